The van der Waals surface area contributed by atoms with Crippen molar-refractivity contribution in [1.82, 2.24) is 5.43 Å². The molecule has 3 N–H and O–H groups in total. The van der Waals surface area contributed by atoms with Gasteiger partial charge in [0.2, 0.25) is 0 Å². The molecule has 0 aromatic carbocycles. The number of hydrogen-bond donors (Lipinski definition) is 2. The van der Waals surface area contributed by atoms with Crippen LogP contribution in [0.4, 0.5) is 0 Å². The lowest BCUT2D eigenvalue weighted by Crippen LogP contribution is -2.37. The third kappa shape index (κ3) is 1.95. The SMILES string of the molecule is CC1CCC(NN)CC1. The van der Waals surface area contributed by atoms with Crippen LogP contribution in [0.15, 0.2) is 0 Å². The average molecular weight is 128 g/mol. The van der Waals surface area contributed by atoms with E-state index in [0.29, 0.717) is 6.04 Å². The molecule has 0 atom stereocenters. The van der Waals surface area contributed by atoms with Crippen LogP contribution >= 0.6 is 0 Å². The molecule has 0 unspecified atom stereocenters. The summed E-state index contributed by atoms with van der Waals surface area (Å²) in [7, 11) is 0. The smallest absolute Gasteiger partial charge is 0.0210 e. The molecule has 1 fully saturated rings. The van der Waals surface area contributed by atoms with Crippen LogP contribution in [0.1, 0.15) is 32.6 Å². The van der Waals surface area contributed by atoms with Crippen LogP contribution in [0, 0.1) is 5.92 Å². The first-order valence-corrected chi connectivity index (χ1v) is 3.79. The fourth-order valence-electron chi connectivity index (χ4n) is 1.43. The van der Waals surface area contributed by atoms with Crippen molar-refractivity contribution in [3.05, 3.63) is 0 Å². The van der Waals surface area contributed by atoms with Crippen LogP contribution in [-0.4, -0.2) is 6.04 Å². The van der Waals surface area contributed by atoms with Gasteiger partial charge in [0, 0.05) is 6.04 Å². The van der Waals surface area contributed by atoms with Crippen molar-refractivity contribution in [2.75, 3.05) is 0 Å². The van der Waals surface area contributed by atoms with E-state index in [0.717, 1.165) is 5.92 Å². The van der Waals surface area contributed by atoms with Gasteiger partial charge in [0.05, 0.1) is 0 Å². The molecule has 0 saturated heterocycles. The van der Waals surface area contributed by atoms with E-state index in [9.17, 15) is 0 Å². The first-order valence-electron chi connectivity index (χ1n) is 3.79. The summed E-state index contributed by atoms with van der Waals surface area (Å²) in [6.45, 7) is 2.31. The van der Waals surface area contributed by atoms with Crippen LogP contribution < -0.4 is 11.3 Å². The molecule has 54 valence electrons. The second-order valence-corrected chi connectivity index (χ2v) is 3.12. The molecular formula is C7H16N2. The van der Waals surface area contributed by atoms with Gasteiger partial charge in [-0.25, -0.2) is 0 Å². The molecule has 9 heavy (non-hydrogen) atoms. The Bertz CT molecular complexity index is 75.0. The van der Waals surface area contributed by atoms with E-state index in [1.165, 1.54) is 25.7 Å². The maximum Gasteiger partial charge on any atom is 0.0210 e. The third-order valence-corrected chi connectivity index (χ3v) is 2.25. The molecule has 1 rings (SSSR count). The summed E-state index contributed by atoms with van der Waals surface area (Å²) >= 11 is 0. The van der Waals surface area contributed by atoms with E-state index in [2.05, 4.69) is 12.3 Å². The minimum atomic E-state index is 0.598. The van der Waals surface area contributed by atoms with E-state index < -0.39 is 0 Å². The molecule has 0 spiro atoms. The molecule has 0 heterocycles. The second-order valence-electron chi connectivity index (χ2n) is 3.12. The van der Waals surface area contributed by atoms with Gasteiger partial charge < -0.3 is 0 Å². The highest BCUT2D eigenvalue weighted by molar-refractivity contribution is 4.72. The Hall–Kier alpha value is -0.0800. The Balaban J connectivity index is 2.18. The largest absolute Gasteiger partial charge is 0.271 e. The Morgan fingerprint density at radius 1 is 1.22 bits per heavy atom. The standard InChI is InChI=1S/C7H16N2/c1-6-2-4-7(9-8)5-3-6/h6-7,9H,2-5,8H2,1H3. The number of hydrazine groups is 1. The van der Waals surface area contributed by atoms with Gasteiger partial charge in [-0.3, -0.25) is 11.3 Å². The molecule has 0 bridgehead atoms. The monoisotopic (exact) mass is 128 g/mol. The van der Waals surface area contributed by atoms with Crippen LogP contribution in [0.2, 0.25) is 0 Å². The summed E-state index contributed by atoms with van der Waals surface area (Å²) < 4.78 is 0. The van der Waals surface area contributed by atoms with Gasteiger partial charge in [0.15, 0.2) is 0 Å². The molecule has 1 aliphatic carbocycles. The Morgan fingerprint density at radius 2 is 1.78 bits per heavy atom. The number of hydrogen-bond acceptors (Lipinski definition) is 2. The number of nitrogens with one attached hydrogen (secondary N) is 1. The van der Waals surface area contributed by atoms with E-state index in [-0.39, 0.29) is 0 Å². The molecule has 2 heteroatoms. The zero-order valence-corrected chi connectivity index (χ0v) is 6.06. The third-order valence-electron chi connectivity index (χ3n) is 2.25. The Morgan fingerprint density at radius 3 is 2.22 bits per heavy atom. The van der Waals surface area contributed by atoms with Gasteiger partial charge in [-0.05, 0) is 31.6 Å². The lowest BCUT2D eigenvalue weighted by Gasteiger charge is -2.24. The van der Waals surface area contributed by atoms with Gasteiger partial charge in [0.1, 0.15) is 0 Å². The summed E-state index contributed by atoms with van der Waals surface area (Å²) in [4.78, 5) is 0. The van der Waals surface area contributed by atoms with E-state index in [1.54, 1.807) is 0 Å². The Kier molecular flexibility index (Phi) is 2.49. The predicted molar refractivity (Wildman–Crippen MR) is 38.7 cm³/mol. The van der Waals surface area contributed by atoms with Crippen molar-refractivity contribution in [1.29, 1.82) is 0 Å². The molecule has 0 amide bonds. The lowest BCUT2D eigenvalue weighted by molar-refractivity contribution is 0.310. The fourth-order valence-corrected chi connectivity index (χ4v) is 1.43. The summed E-state index contributed by atoms with van der Waals surface area (Å²) in [6, 6.07) is 0.598. The Labute approximate surface area is 56.8 Å². The maximum atomic E-state index is 5.30. The second kappa shape index (κ2) is 3.18. The van der Waals surface area contributed by atoms with Crippen molar-refractivity contribution in [2.24, 2.45) is 11.8 Å². The van der Waals surface area contributed by atoms with Gasteiger partial charge in [-0.1, -0.05) is 6.92 Å². The summed E-state index contributed by atoms with van der Waals surface area (Å²) in [6.07, 6.45) is 5.21. The molecule has 1 saturated carbocycles. The maximum absolute atomic E-state index is 5.30. The topological polar surface area (TPSA) is 38.0 Å². The van der Waals surface area contributed by atoms with Crippen LogP contribution in [0.5, 0.6) is 0 Å². The molecular weight excluding hydrogens is 112 g/mol. The van der Waals surface area contributed by atoms with E-state index >= 15 is 0 Å². The average Bonchev–Trinajstić information content (AvgIpc) is 1.90. The highest BCUT2D eigenvalue weighted by atomic mass is 15.2. The van der Waals surface area contributed by atoms with Crippen molar-refractivity contribution >= 4 is 0 Å². The normalized spacial score (nSPS) is 36.7. The minimum absolute atomic E-state index is 0.598. The molecule has 0 radical (unpaired) electrons. The zero-order valence-electron chi connectivity index (χ0n) is 6.06. The molecule has 2 nitrogen and oxygen atoms in total. The van der Waals surface area contributed by atoms with E-state index in [1.807, 2.05) is 0 Å². The summed E-state index contributed by atoms with van der Waals surface area (Å²) in [5.41, 5.74) is 2.82. The van der Waals surface area contributed by atoms with Gasteiger partial charge >= 0.3 is 0 Å². The number of nitrogens with two attached hydrogens (primary N) is 1. The zero-order chi connectivity index (χ0) is 6.69. The molecule has 1 aliphatic rings. The molecule has 0 aliphatic heterocycles. The van der Waals surface area contributed by atoms with Crippen LogP contribution in [0.25, 0.3) is 0 Å². The lowest BCUT2D eigenvalue weighted by atomic mass is 9.88. The molecule has 0 aromatic heterocycles. The minimum Gasteiger partial charge on any atom is -0.271 e. The van der Waals surface area contributed by atoms with Gasteiger partial charge in [0.25, 0.3) is 0 Å². The summed E-state index contributed by atoms with van der Waals surface area (Å²) in [5, 5.41) is 0. The van der Waals surface area contributed by atoms with Crippen LogP contribution in [-0.2, 0) is 0 Å². The number of rotatable bonds is 1. The van der Waals surface area contributed by atoms with Crippen molar-refractivity contribution in [3.63, 3.8) is 0 Å². The predicted octanol–water partition coefficient (Wildman–Crippen LogP) is 1.03. The molecule has 0 aromatic rings. The quantitative estimate of drug-likeness (QED) is 0.409. The van der Waals surface area contributed by atoms with Crippen LogP contribution in [0.3, 0.4) is 0 Å². The van der Waals surface area contributed by atoms with Crippen molar-refractivity contribution in [2.45, 2.75) is 38.6 Å². The summed E-state index contributed by atoms with van der Waals surface area (Å²) in [5.74, 6) is 6.22. The fraction of sp³-hybridized carbons (Fsp3) is 1.00. The first-order chi connectivity index (χ1) is 4.33. The highest BCUT2D eigenvalue weighted by Crippen LogP contribution is 2.22. The first kappa shape index (κ1) is 7.03. The van der Waals surface area contributed by atoms with Gasteiger partial charge in [-0.15, -0.1) is 0 Å². The van der Waals surface area contributed by atoms with Crippen molar-refractivity contribution in [3.8, 4) is 0 Å². The van der Waals surface area contributed by atoms with Gasteiger partial charge in [-0.2, -0.15) is 0 Å². The van der Waals surface area contributed by atoms with E-state index in [4.69, 9.17) is 5.84 Å². The highest BCUT2D eigenvalue weighted by Gasteiger charge is 2.15. The van der Waals surface area contributed by atoms with Crippen molar-refractivity contribution < 1.29 is 0 Å².